The lowest BCUT2D eigenvalue weighted by atomic mass is 10.0. The summed E-state index contributed by atoms with van der Waals surface area (Å²) < 4.78 is 5.21. The Morgan fingerprint density at radius 2 is 2.17 bits per heavy atom. The van der Waals surface area contributed by atoms with Gasteiger partial charge in [0.15, 0.2) is 0 Å². The SMILES string of the molecule is COc1ccccc1CC(=O)NCC1CNC1.Cl. The minimum absolute atomic E-state index is 0. The molecule has 0 radical (unpaired) electrons. The maximum atomic E-state index is 11.7. The molecule has 1 heterocycles. The lowest BCUT2D eigenvalue weighted by molar-refractivity contribution is -0.120. The van der Waals surface area contributed by atoms with Gasteiger partial charge in [-0.1, -0.05) is 18.2 Å². The van der Waals surface area contributed by atoms with Crippen LogP contribution < -0.4 is 15.4 Å². The fourth-order valence-electron chi connectivity index (χ4n) is 1.84. The van der Waals surface area contributed by atoms with E-state index in [9.17, 15) is 4.79 Å². The average molecular weight is 271 g/mol. The molecule has 5 heteroatoms. The molecule has 0 atom stereocenters. The Labute approximate surface area is 114 Å². The van der Waals surface area contributed by atoms with Gasteiger partial charge in [-0.15, -0.1) is 12.4 Å². The molecule has 0 aliphatic carbocycles. The number of methoxy groups -OCH3 is 1. The molecule has 1 aliphatic rings. The van der Waals surface area contributed by atoms with Crippen molar-refractivity contribution in [1.82, 2.24) is 10.6 Å². The van der Waals surface area contributed by atoms with E-state index in [-0.39, 0.29) is 18.3 Å². The molecular formula is C13H19ClN2O2. The van der Waals surface area contributed by atoms with Crippen LogP contribution >= 0.6 is 12.4 Å². The Balaban J connectivity index is 0.00000162. The summed E-state index contributed by atoms with van der Waals surface area (Å²) in [6.45, 7) is 2.78. The van der Waals surface area contributed by atoms with E-state index in [0.29, 0.717) is 12.3 Å². The van der Waals surface area contributed by atoms with Crippen LogP contribution in [0, 0.1) is 5.92 Å². The highest BCUT2D eigenvalue weighted by Crippen LogP contribution is 2.17. The van der Waals surface area contributed by atoms with Crippen molar-refractivity contribution in [1.29, 1.82) is 0 Å². The topological polar surface area (TPSA) is 50.4 Å². The summed E-state index contributed by atoms with van der Waals surface area (Å²) in [5.41, 5.74) is 0.930. The van der Waals surface area contributed by atoms with E-state index in [1.165, 1.54) is 0 Å². The van der Waals surface area contributed by atoms with E-state index in [2.05, 4.69) is 10.6 Å². The van der Waals surface area contributed by atoms with Gasteiger partial charge >= 0.3 is 0 Å². The predicted molar refractivity (Wildman–Crippen MR) is 73.3 cm³/mol. The zero-order valence-corrected chi connectivity index (χ0v) is 11.3. The smallest absolute Gasteiger partial charge is 0.224 e. The van der Waals surface area contributed by atoms with Crippen molar-refractivity contribution in [3.05, 3.63) is 29.8 Å². The molecule has 1 aliphatic heterocycles. The molecule has 100 valence electrons. The number of benzene rings is 1. The first-order valence-corrected chi connectivity index (χ1v) is 5.89. The molecule has 1 aromatic carbocycles. The second-order valence-corrected chi connectivity index (χ2v) is 4.32. The van der Waals surface area contributed by atoms with Crippen molar-refractivity contribution >= 4 is 18.3 Å². The number of rotatable bonds is 5. The molecule has 4 nitrogen and oxygen atoms in total. The zero-order valence-electron chi connectivity index (χ0n) is 10.4. The number of carbonyl (C=O) groups is 1. The number of carbonyl (C=O) groups excluding carboxylic acids is 1. The van der Waals surface area contributed by atoms with Crippen LogP contribution in [-0.2, 0) is 11.2 Å². The van der Waals surface area contributed by atoms with Crippen LogP contribution in [0.2, 0.25) is 0 Å². The maximum absolute atomic E-state index is 11.7. The molecule has 1 saturated heterocycles. The van der Waals surface area contributed by atoms with Crippen LogP contribution in [0.4, 0.5) is 0 Å². The molecule has 0 saturated carbocycles. The highest BCUT2D eigenvalue weighted by molar-refractivity contribution is 5.85. The van der Waals surface area contributed by atoms with Crippen molar-refractivity contribution in [2.45, 2.75) is 6.42 Å². The van der Waals surface area contributed by atoms with Crippen molar-refractivity contribution in [3.63, 3.8) is 0 Å². The molecule has 2 rings (SSSR count). The number of para-hydroxylation sites is 1. The quantitative estimate of drug-likeness (QED) is 0.839. The third-order valence-electron chi connectivity index (χ3n) is 3.00. The Kier molecular flexibility index (Phi) is 5.95. The Bertz CT molecular complexity index is 394. The van der Waals surface area contributed by atoms with E-state index in [1.807, 2.05) is 24.3 Å². The summed E-state index contributed by atoms with van der Waals surface area (Å²) in [4.78, 5) is 11.7. The van der Waals surface area contributed by atoms with Crippen molar-refractivity contribution < 1.29 is 9.53 Å². The second-order valence-electron chi connectivity index (χ2n) is 4.32. The van der Waals surface area contributed by atoms with Crippen molar-refractivity contribution in [2.24, 2.45) is 5.92 Å². The predicted octanol–water partition coefficient (Wildman–Crippen LogP) is 0.995. The van der Waals surface area contributed by atoms with Gasteiger partial charge in [0.2, 0.25) is 5.91 Å². The van der Waals surface area contributed by atoms with E-state index in [0.717, 1.165) is 30.9 Å². The molecule has 1 fully saturated rings. The number of hydrogen-bond acceptors (Lipinski definition) is 3. The summed E-state index contributed by atoms with van der Waals surface area (Å²) in [6, 6.07) is 7.61. The first kappa shape index (κ1) is 14.8. The molecule has 18 heavy (non-hydrogen) atoms. The van der Waals surface area contributed by atoms with Gasteiger partial charge in [-0.3, -0.25) is 4.79 Å². The summed E-state index contributed by atoms with van der Waals surface area (Å²) in [6.07, 6.45) is 0.379. The van der Waals surface area contributed by atoms with Crippen LogP contribution in [0.5, 0.6) is 5.75 Å². The van der Waals surface area contributed by atoms with E-state index < -0.39 is 0 Å². The normalized spacial score (nSPS) is 14.3. The van der Waals surface area contributed by atoms with Gasteiger partial charge < -0.3 is 15.4 Å². The minimum Gasteiger partial charge on any atom is -0.496 e. The molecule has 0 unspecified atom stereocenters. The van der Waals surface area contributed by atoms with Gasteiger partial charge in [-0.05, 0) is 6.07 Å². The molecule has 0 spiro atoms. The first-order valence-electron chi connectivity index (χ1n) is 5.89. The fraction of sp³-hybridized carbons (Fsp3) is 0.462. The van der Waals surface area contributed by atoms with Gasteiger partial charge in [-0.2, -0.15) is 0 Å². The van der Waals surface area contributed by atoms with Gasteiger partial charge in [0.25, 0.3) is 0 Å². The third kappa shape index (κ3) is 3.89. The lowest BCUT2D eigenvalue weighted by Crippen LogP contribution is -2.48. The second kappa shape index (κ2) is 7.24. The summed E-state index contributed by atoms with van der Waals surface area (Å²) >= 11 is 0. The van der Waals surface area contributed by atoms with E-state index >= 15 is 0 Å². The monoisotopic (exact) mass is 270 g/mol. The largest absolute Gasteiger partial charge is 0.496 e. The minimum atomic E-state index is 0. The maximum Gasteiger partial charge on any atom is 0.224 e. The summed E-state index contributed by atoms with van der Waals surface area (Å²) in [5, 5.41) is 6.13. The summed E-state index contributed by atoms with van der Waals surface area (Å²) in [5.74, 6) is 1.42. The first-order chi connectivity index (χ1) is 8.29. The molecular weight excluding hydrogens is 252 g/mol. The van der Waals surface area contributed by atoms with Gasteiger partial charge in [0.05, 0.1) is 13.5 Å². The van der Waals surface area contributed by atoms with E-state index in [1.54, 1.807) is 7.11 Å². The number of nitrogens with one attached hydrogen (secondary N) is 2. The van der Waals surface area contributed by atoms with Crippen LogP contribution in [0.15, 0.2) is 24.3 Å². The Morgan fingerprint density at radius 1 is 1.44 bits per heavy atom. The van der Waals surface area contributed by atoms with Crippen LogP contribution in [0.3, 0.4) is 0 Å². The fourth-order valence-corrected chi connectivity index (χ4v) is 1.84. The molecule has 1 aromatic rings. The van der Waals surface area contributed by atoms with E-state index in [4.69, 9.17) is 4.74 Å². The highest BCUT2D eigenvalue weighted by atomic mass is 35.5. The Hall–Kier alpha value is -1.26. The zero-order chi connectivity index (χ0) is 12.1. The van der Waals surface area contributed by atoms with Crippen LogP contribution in [-0.4, -0.2) is 32.7 Å². The number of halogens is 1. The van der Waals surface area contributed by atoms with Gasteiger partial charge in [0, 0.05) is 31.1 Å². The molecule has 0 aromatic heterocycles. The van der Waals surface area contributed by atoms with Crippen molar-refractivity contribution in [3.8, 4) is 5.75 Å². The average Bonchev–Trinajstić information content (AvgIpc) is 2.27. The third-order valence-corrected chi connectivity index (χ3v) is 3.00. The number of ether oxygens (including phenoxy) is 1. The molecule has 1 amide bonds. The number of hydrogen-bond donors (Lipinski definition) is 2. The standard InChI is InChI=1S/C13H18N2O2.ClH/c1-17-12-5-3-2-4-11(12)6-13(16)15-9-10-7-14-8-10;/h2-5,10,14H,6-9H2,1H3,(H,15,16);1H. The van der Waals surface area contributed by atoms with Gasteiger partial charge in [0.1, 0.15) is 5.75 Å². The van der Waals surface area contributed by atoms with Gasteiger partial charge in [-0.25, -0.2) is 0 Å². The molecule has 0 bridgehead atoms. The Morgan fingerprint density at radius 3 is 2.78 bits per heavy atom. The van der Waals surface area contributed by atoms with Crippen LogP contribution in [0.25, 0.3) is 0 Å². The lowest BCUT2D eigenvalue weighted by Gasteiger charge is -2.27. The highest BCUT2D eigenvalue weighted by Gasteiger charge is 2.17. The summed E-state index contributed by atoms with van der Waals surface area (Å²) in [7, 11) is 1.62. The van der Waals surface area contributed by atoms with Crippen LogP contribution in [0.1, 0.15) is 5.56 Å². The molecule has 2 N–H and O–H groups in total. The van der Waals surface area contributed by atoms with Crippen molar-refractivity contribution in [2.75, 3.05) is 26.7 Å². The number of amides is 1.